The van der Waals surface area contributed by atoms with Crippen LogP contribution in [0.3, 0.4) is 0 Å². The van der Waals surface area contributed by atoms with Crippen molar-refractivity contribution >= 4 is 5.91 Å². The van der Waals surface area contributed by atoms with E-state index in [2.05, 4.69) is 15.5 Å². The molecule has 3 rings (SSSR count). The molecule has 1 aromatic heterocycles. The van der Waals surface area contributed by atoms with Crippen molar-refractivity contribution in [1.82, 2.24) is 15.5 Å². The predicted octanol–water partition coefficient (Wildman–Crippen LogP) is 1.94. The van der Waals surface area contributed by atoms with Gasteiger partial charge in [0.15, 0.2) is 11.5 Å². The van der Waals surface area contributed by atoms with Crippen LogP contribution < -0.4 is 14.8 Å². The average molecular weight is 273 g/mol. The summed E-state index contributed by atoms with van der Waals surface area (Å²) < 4.78 is 10.6. The fraction of sp³-hybridized carbons (Fsp3) is 0.286. The molecule has 104 valence electrons. The molecular formula is C14H15N3O3. The van der Waals surface area contributed by atoms with Crippen LogP contribution in [0.5, 0.6) is 11.5 Å². The minimum Gasteiger partial charge on any atom is -0.454 e. The first-order chi connectivity index (χ1) is 9.63. The van der Waals surface area contributed by atoms with E-state index in [1.807, 2.05) is 32.0 Å². The molecule has 1 amide bonds. The van der Waals surface area contributed by atoms with Crippen molar-refractivity contribution in [3.05, 3.63) is 30.0 Å². The summed E-state index contributed by atoms with van der Waals surface area (Å²) >= 11 is 0. The summed E-state index contributed by atoms with van der Waals surface area (Å²) in [4.78, 5) is 11.9. The molecule has 6 nitrogen and oxygen atoms in total. The van der Waals surface area contributed by atoms with Gasteiger partial charge in [-0.3, -0.25) is 9.89 Å². The van der Waals surface area contributed by atoms with Gasteiger partial charge in [-0.05, 0) is 38.1 Å². The summed E-state index contributed by atoms with van der Waals surface area (Å²) in [5, 5.41) is 9.71. The summed E-state index contributed by atoms with van der Waals surface area (Å²) in [5.74, 6) is 1.25. The standard InChI is InChI=1S/C14H15N3O3/c1-8(2)15-14(18)11-6-10(16-17-11)9-3-4-12-13(5-9)20-7-19-12/h3-6,8H,7H2,1-2H3,(H,15,18)(H,16,17). The maximum atomic E-state index is 11.9. The quantitative estimate of drug-likeness (QED) is 0.896. The van der Waals surface area contributed by atoms with Gasteiger partial charge in [0.05, 0.1) is 5.69 Å². The fourth-order valence-electron chi connectivity index (χ4n) is 1.98. The molecule has 0 atom stereocenters. The highest BCUT2D eigenvalue weighted by Gasteiger charge is 2.16. The smallest absolute Gasteiger partial charge is 0.269 e. The fourth-order valence-corrected chi connectivity index (χ4v) is 1.98. The zero-order valence-corrected chi connectivity index (χ0v) is 11.3. The Labute approximate surface area is 116 Å². The molecule has 0 saturated heterocycles. The van der Waals surface area contributed by atoms with Crippen molar-refractivity contribution < 1.29 is 14.3 Å². The van der Waals surface area contributed by atoms with Crippen molar-refractivity contribution in [2.75, 3.05) is 6.79 Å². The van der Waals surface area contributed by atoms with E-state index in [9.17, 15) is 4.79 Å². The second kappa shape index (κ2) is 4.88. The molecule has 2 N–H and O–H groups in total. The lowest BCUT2D eigenvalue weighted by atomic mass is 10.1. The average Bonchev–Trinajstić information content (AvgIpc) is 3.06. The lowest BCUT2D eigenvalue weighted by Crippen LogP contribution is -2.30. The topological polar surface area (TPSA) is 76.2 Å². The molecule has 0 saturated carbocycles. The van der Waals surface area contributed by atoms with Crippen molar-refractivity contribution in [3.8, 4) is 22.8 Å². The summed E-state index contributed by atoms with van der Waals surface area (Å²) in [7, 11) is 0. The number of fused-ring (bicyclic) bond motifs is 1. The van der Waals surface area contributed by atoms with E-state index in [0.717, 1.165) is 11.3 Å². The number of H-pyrrole nitrogens is 1. The van der Waals surface area contributed by atoms with Crippen LogP contribution in [-0.2, 0) is 0 Å². The zero-order chi connectivity index (χ0) is 14.1. The Morgan fingerprint density at radius 3 is 2.90 bits per heavy atom. The lowest BCUT2D eigenvalue weighted by Gasteiger charge is -2.05. The van der Waals surface area contributed by atoms with Gasteiger partial charge in [0.25, 0.3) is 5.91 Å². The van der Waals surface area contributed by atoms with Crippen LogP contribution in [0.15, 0.2) is 24.3 Å². The van der Waals surface area contributed by atoms with Gasteiger partial charge in [-0.1, -0.05) is 0 Å². The molecule has 6 heteroatoms. The van der Waals surface area contributed by atoms with E-state index in [0.29, 0.717) is 17.1 Å². The maximum absolute atomic E-state index is 11.9. The maximum Gasteiger partial charge on any atom is 0.269 e. The molecule has 0 aliphatic carbocycles. The Morgan fingerprint density at radius 1 is 1.30 bits per heavy atom. The van der Waals surface area contributed by atoms with Gasteiger partial charge in [-0.15, -0.1) is 0 Å². The predicted molar refractivity (Wildman–Crippen MR) is 72.7 cm³/mol. The molecule has 0 fully saturated rings. The van der Waals surface area contributed by atoms with E-state index in [1.165, 1.54) is 0 Å². The van der Waals surface area contributed by atoms with Crippen LogP contribution >= 0.6 is 0 Å². The van der Waals surface area contributed by atoms with Gasteiger partial charge in [0, 0.05) is 11.6 Å². The third-order valence-electron chi connectivity index (χ3n) is 2.91. The first kappa shape index (κ1) is 12.5. The van der Waals surface area contributed by atoms with Crippen molar-refractivity contribution in [2.45, 2.75) is 19.9 Å². The first-order valence-corrected chi connectivity index (χ1v) is 6.40. The Kier molecular flexibility index (Phi) is 3.06. The van der Waals surface area contributed by atoms with E-state index >= 15 is 0 Å². The number of hydrogen-bond acceptors (Lipinski definition) is 4. The number of nitrogens with one attached hydrogen (secondary N) is 2. The first-order valence-electron chi connectivity index (χ1n) is 6.40. The van der Waals surface area contributed by atoms with Gasteiger partial charge in [0.2, 0.25) is 6.79 Å². The summed E-state index contributed by atoms with van der Waals surface area (Å²) in [6.07, 6.45) is 0. The highest BCUT2D eigenvalue weighted by atomic mass is 16.7. The zero-order valence-electron chi connectivity index (χ0n) is 11.3. The van der Waals surface area contributed by atoms with Gasteiger partial charge >= 0.3 is 0 Å². The molecule has 0 unspecified atom stereocenters. The minimum absolute atomic E-state index is 0.0831. The number of hydrogen-bond donors (Lipinski definition) is 2. The van der Waals surface area contributed by atoms with Crippen LogP contribution in [0.4, 0.5) is 0 Å². The number of rotatable bonds is 3. The normalized spacial score (nSPS) is 12.8. The van der Waals surface area contributed by atoms with Crippen molar-refractivity contribution in [2.24, 2.45) is 0 Å². The van der Waals surface area contributed by atoms with Crippen LogP contribution in [0.25, 0.3) is 11.3 Å². The summed E-state index contributed by atoms with van der Waals surface area (Å²) in [6, 6.07) is 7.37. The Hall–Kier alpha value is -2.50. The molecular weight excluding hydrogens is 258 g/mol. The van der Waals surface area contributed by atoms with E-state index in [-0.39, 0.29) is 18.7 Å². The molecule has 1 aliphatic heterocycles. The molecule has 0 radical (unpaired) electrons. The largest absolute Gasteiger partial charge is 0.454 e. The summed E-state index contributed by atoms with van der Waals surface area (Å²) in [6.45, 7) is 4.06. The minimum atomic E-state index is -0.167. The highest BCUT2D eigenvalue weighted by Crippen LogP contribution is 2.35. The SMILES string of the molecule is CC(C)NC(=O)c1cc(-c2ccc3c(c2)OCO3)n[nH]1. The van der Waals surface area contributed by atoms with E-state index in [1.54, 1.807) is 6.07 Å². The van der Waals surface area contributed by atoms with E-state index < -0.39 is 0 Å². The van der Waals surface area contributed by atoms with Crippen LogP contribution in [0.2, 0.25) is 0 Å². The molecule has 0 spiro atoms. The van der Waals surface area contributed by atoms with Gasteiger partial charge in [0.1, 0.15) is 5.69 Å². The number of aromatic nitrogens is 2. The van der Waals surface area contributed by atoms with Gasteiger partial charge in [-0.25, -0.2) is 0 Å². The summed E-state index contributed by atoms with van der Waals surface area (Å²) in [5.41, 5.74) is 2.00. The molecule has 0 bridgehead atoms. The van der Waals surface area contributed by atoms with Crippen molar-refractivity contribution in [1.29, 1.82) is 0 Å². The second-order valence-electron chi connectivity index (χ2n) is 4.86. The number of aromatic amines is 1. The monoisotopic (exact) mass is 273 g/mol. The third kappa shape index (κ3) is 2.32. The molecule has 2 aromatic rings. The Balaban J connectivity index is 1.85. The van der Waals surface area contributed by atoms with Crippen LogP contribution in [-0.4, -0.2) is 28.9 Å². The Morgan fingerprint density at radius 2 is 2.10 bits per heavy atom. The molecule has 1 aromatic carbocycles. The van der Waals surface area contributed by atoms with E-state index in [4.69, 9.17) is 9.47 Å². The number of benzene rings is 1. The number of carbonyl (C=O) groups is 1. The van der Waals surface area contributed by atoms with Crippen LogP contribution in [0.1, 0.15) is 24.3 Å². The Bertz CT molecular complexity index is 649. The third-order valence-corrected chi connectivity index (χ3v) is 2.91. The number of carbonyl (C=O) groups excluding carboxylic acids is 1. The van der Waals surface area contributed by atoms with Gasteiger partial charge < -0.3 is 14.8 Å². The number of nitrogens with zero attached hydrogens (tertiary/aromatic N) is 1. The molecule has 1 aliphatic rings. The number of ether oxygens (including phenoxy) is 2. The van der Waals surface area contributed by atoms with Gasteiger partial charge in [-0.2, -0.15) is 5.10 Å². The van der Waals surface area contributed by atoms with Crippen LogP contribution in [0, 0.1) is 0 Å². The second-order valence-corrected chi connectivity index (χ2v) is 4.86. The molecule has 20 heavy (non-hydrogen) atoms. The lowest BCUT2D eigenvalue weighted by molar-refractivity contribution is 0.0938. The number of amides is 1. The highest BCUT2D eigenvalue weighted by molar-refractivity contribution is 5.93. The van der Waals surface area contributed by atoms with Crippen molar-refractivity contribution in [3.63, 3.8) is 0 Å². The molecule has 2 heterocycles.